The van der Waals surface area contributed by atoms with Gasteiger partial charge in [-0.3, -0.25) is 25.2 Å². The molecule has 37 heavy (non-hydrogen) atoms. The summed E-state index contributed by atoms with van der Waals surface area (Å²) in [6.45, 7) is 0. The molecule has 4 aromatic rings. The Bertz CT molecular complexity index is 1410. The van der Waals surface area contributed by atoms with Gasteiger partial charge in [-0.2, -0.15) is 0 Å². The van der Waals surface area contributed by atoms with Gasteiger partial charge in [-0.1, -0.05) is 24.3 Å². The van der Waals surface area contributed by atoms with Crippen LogP contribution in [0, 0.1) is 11.6 Å². The standard InChI is InChI=1S/C27H21F2N3O4S/c28-19-7-3-17(4-8-19)23-13-14-24(37-23)27(36)30-22(15-16-1-11-21(33)12-2-16)26(35)32-31-25(34)18-5-9-20(29)10-6-18/h1-14,22,33H,15H2,(H,30,36)(H,31,34)(H,32,35)/t22-/m0/s1. The number of amides is 3. The van der Waals surface area contributed by atoms with Gasteiger partial charge in [-0.05, 0) is 71.8 Å². The topological polar surface area (TPSA) is 108 Å². The highest BCUT2D eigenvalue weighted by molar-refractivity contribution is 7.17. The third kappa shape index (κ3) is 6.77. The molecule has 0 spiro atoms. The first kappa shape index (κ1) is 25.5. The fourth-order valence-corrected chi connectivity index (χ4v) is 4.33. The molecule has 1 aromatic heterocycles. The van der Waals surface area contributed by atoms with Crippen molar-refractivity contribution in [2.75, 3.05) is 0 Å². The van der Waals surface area contributed by atoms with Crippen LogP contribution in [0.4, 0.5) is 8.78 Å². The number of phenolic OH excluding ortho intramolecular Hbond substituents is 1. The van der Waals surface area contributed by atoms with Crippen molar-refractivity contribution in [3.8, 4) is 16.2 Å². The molecule has 4 rings (SSSR count). The number of phenols is 1. The number of nitrogens with one attached hydrogen (secondary N) is 3. The molecule has 4 N–H and O–H groups in total. The fourth-order valence-electron chi connectivity index (χ4n) is 3.41. The number of carbonyl (C=O) groups is 3. The number of rotatable bonds is 7. The van der Waals surface area contributed by atoms with Crippen molar-refractivity contribution in [1.82, 2.24) is 16.2 Å². The number of carbonyl (C=O) groups excluding carboxylic acids is 3. The van der Waals surface area contributed by atoms with Crippen molar-refractivity contribution in [1.29, 1.82) is 0 Å². The highest BCUT2D eigenvalue weighted by atomic mass is 32.1. The van der Waals surface area contributed by atoms with E-state index in [0.29, 0.717) is 10.4 Å². The number of halogens is 2. The summed E-state index contributed by atoms with van der Waals surface area (Å²) < 4.78 is 26.3. The lowest BCUT2D eigenvalue weighted by atomic mass is 10.0. The van der Waals surface area contributed by atoms with E-state index in [2.05, 4.69) is 16.2 Å². The van der Waals surface area contributed by atoms with Gasteiger partial charge in [0.1, 0.15) is 23.4 Å². The third-order valence-electron chi connectivity index (χ3n) is 5.36. The van der Waals surface area contributed by atoms with Gasteiger partial charge in [0.25, 0.3) is 17.7 Å². The van der Waals surface area contributed by atoms with Crippen LogP contribution in [0.3, 0.4) is 0 Å². The number of hydrogen-bond acceptors (Lipinski definition) is 5. The molecular formula is C27H21F2N3O4S. The Morgan fingerprint density at radius 1 is 0.757 bits per heavy atom. The second kappa shape index (κ2) is 11.4. The molecule has 0 radical (unpaired) electrons. The van der Waals surface area contributed by atoms with E-state index in [-0.39, 0.29) is 23.6 Å². The van der Waals surface area contributed by atoms with E-state index in [4.69, 9.17) is 0 Å². The van der Waals surface area contributed by atoms with E-state index in [1.165, 1.54) is 47.7 Å². The van der Waals surface area contributed by atoms with Crippen LogP contribution in [0.25, 0.3) is 10.4 Å². The average molecular weight is 522 g/mol. The van der Waals surface area contributed by atoms with Gasteiger partial charge in [-0.25, -0.2) is 8.78 Å². The maximum Gasteiger partial charge on any atom is 0.269 e. The molecule has 0 aliphatic heterocycles. The summed E-state index contributed by atoms with van der Waals surface area (Å²) in [7, 11) is 0. The second-order valence-electron chi connectivity index (χ2n) is 8.02. The number of aromatic hydroxyl groups is 1. The lowest BCUT2D eigenvalue weighted by Gasteiger charge is -2.19. The number of thiophene rings is 1. The Labute approximate surface area is 214 Å². The van der Waals surface area contributed by atoms with Gasteiger partial charge in [-0.15, -0.1) is 11.3 Å². The van der Waals surface area contributed by atoms with E-state index < -0.39 is 29.6 Å². The summed E-state index contributed by atoms with van der Waals surface area (Å²) in [6.07, 6.45) is 0.0699. The molecule has 0 saturated carbocycles. The molecule has 1 heterocycles. The average Bonchev–Trinajstić information content (AvgIpc) is 3.39. The van der Waals surface area contributed by atoms with Gasteiger partial charge < -0.3 is 10.4 Å². The van der Waals surface area contributed by atoms with Crippen LogP contribution in [-0.2, 0) is 11.2 Å². The minimum atomic E-state index is -1.08. The van der Waals surface area contributed by atoms with Crippen LogP contribution in [0.5, 0.6) is 5.75 Å². The predicted molar refractivity (Wildman–Crippen MR) is 135 cm³/mol. The highest BCUT2D eigenvalue weighted by Crippen LogP contribution is 2.28. The van der Waals surface area contributed by atoms with Crippen molar-refractivity contribution >= 4 is 29.1 Å². The Morgan fingerprint density at radius 3 is 2.03 bits per heavy atom. The predicted octanol–water partition coefficient (Wildman–Crippen LogP) is 4.20. The van der Waals surface area contributed by atoms with E-state index >= 15 is 0 Å². The van der Waals surface area contributed by atoms with Crippen LogP contribution < -0.4 is 16.2 Å². The number of benzene rings is 3. The fraction of sp³-hybridized carbons (Fsp3) is 0.0741. The Morgan fingerprint density at radius 2 is 1.38 bits per heavy atom. The van der Waals surface area contributed by atoms with Gasteiger partial charge in [0.15, 0.2) is 0 Å². The molecule has 1 atom stereocenters. The normalized spacial score (nSPS) is 11.4. The molecule has 3 aromatic carbocycles. The monoisotopic (exact) mass is 521 g/mol. The minimum Gasteiger partial charge on any atom is -0.508 e. The first-order valence-electron chi connectivity index (χ1n) is 11.1. The quantitative estimate of drug-likeness (QED) is 0.274. The van der Waals surface area contributed by atoms with Crippen LogP contribution >= 0.6 is 11.3 Å². The lowest BCUT2D eigenvalue weighted by Crippen LogP contribution is -2.53. The molecular weight excluding hydrogens is 500 g/mol. The van der Waals surface area contributed by atoms with E-state index in [1.54, 1.807) is 36.4 Å². The molecule has 0 bridgehead atoms. The maximum absolute atomic E-state index is 13.2. The zero-order valence-corrected chi connectivity index (χ0v) is 20.0. The van der Waals surface area contributed by atoms with E-state index in [9.17, 15) is 28.3 Å². The van der Waals surface area contributed by atoms with Crippen molar-refractivity contribution in [2.24, 2.45) is 0 Å². The summed E-state index contributed by atoms with van der Waals surface area (Å²) in [5, 5.41) is 12.2. The molecule has 0 saturated heterocycles. The zero-order valence-electron chi connectivity index (χ0n) is 19.2. The Hall–Kier alpha value is -4.57. The highest BCUT2D eigenvalue weighted by Gasteiger charge is 2.24. The first-order valence-corrected chi connectivity index (χ1v) is 11.9. The minimum absolute atomic E-state index is 0.0484. The summed E-state index contributed by atoms with van der Waals surface area (Å²) >= 11 is 1.18. The molecule has 0 unspecified atom stereocenters. The molecule has 3 amide bonds. The van der Waals surface area contributed by atoms with Gasteiger partial charge in [0.05, 0.1) is 4.88 Å². The largest absolute Gasteiger partial charge is 0.508 e. The lowest BCUT2D eigenvalue weighted by molar-refractivity contribution is -0.123. The maximum atomic E-state index is 13.2. The molecule has 0 aliphatic carbocycles. The number of hydrogen-bond donors (Lipinski definition) is 4. The smallest absolute Gasteiger partial charge is 0.269 e. The summed E-state index contributed by atoms with van der Waals surface area (Å²) in [4.78, 5) is 39.3. The van der Waals surface area contributed by atoms with Crippen LogP contribution in [-0.4, -0.2) is 28.9 Å². The van der Waals surface area contributed by atoms with Crippen molar-refractivity contribution in [3.63, 3.8) is 0 Å². The Balaban J connectivity index is 1.47. The van der Waals surface area contributed by atoms with Gasteiger partial charge >= 0.3 is 0 Å². The summed E-state index contributed by atoms with van der Waals surface area (Å²) in [5.74, 6) is -2.69. The summed E-state index contributed by atoms with van der Waals surface area (Å²) in [6, 6.07) is 19.0. The van der Waals surface area contributed by atoms with Crippen LogP contribution in [0.2, 0.25) is 0 Å². The zero-order chi connectivity index (χ0) is 26.4. The third-order valence-corrected chi connectivity index (χ3v) is 6.50. The molecule has 188 valence electrons. The number of hydrazine groups is 1. The van der Waals surface area contributed by atoms with Crippen molar-refractivity contribution in [3.05, 3.63) is 113 Å². The van der Waals surface area contributed by atoms with E-state index in [0.717, 1.165) is 22.6 Å². The second-order valence-corrected chi connectivity index (χ2v) is 9.10. The Kier molecular flexibility index (Phi) is 7.89. The van der Waals surface area contributed by atoms with Gasteiger partial charge in [0, 0.05) is 16.9 Å². The van der Waals surface area contributed by atoms with E-state index in [1.807, 2.05) is 0 Å². The van der Waals surface area contributed by atoms with Crippen LogP contribution in [0.1, 0.15) is 25.6 Å². The van der Waals surface area contributed by atoms with Gasteiger partial charge in [0.2, 0.25) is 0 Å². The molecule has 7 nitrogen and oxygen atoms in total. The van der Waals surface area contributed by atoms with Crippen molar-refractivity contribution < 1.29 is 28.3 Å². The SMILES string of the molecule is O=C(NNC(=O)[C@H](Cc1ccc(O)cc1)NC(=O)c1ccc(-c2ccc(F)cc2)s1)c1ccc(F)cc1. The van der Waals surface area contributed by atoms with Crippen molar-refractivity contribution in [2.45, 2.75) is 12.5 Å². The molecule has 10 heteroatoms. The molecule has 0 aliphatic rings. The molecule has 0 fully saturated rings. The van der Waals surface area contributed by atoms with Crippen LogP contribution in [0.15, 0.2) is 84.9 Å². The summed E-state index contributed by atoms with van der Waals surface area (Å²) in [5.41, 5.74) is 6.08. The first-order chi connectivity index (χ1) is 17.8.